The van der Waals surface area contributed by atoms with Crippen LogP contribution in [0.1, 0.15) is 6.42 Å². The summed E-state index contributed by atoms with van der Waals surface area (Å²) in [6, 6.07) is 9.40. The molecule has 0 spiro atoms. The maximum absolute atomic E-state index is 5.25. The molecule has 0 bridgehead atoms. The summed E-state index contributed by atoms with van der Waals surface area (Å²) in [6.07, 6.45) is 0.942. The van der Waals surface area contributed by atoms with E-state index in [0.717, 1.165) is 31.7 Å². The molecule has 1 N–H and O–H groups in total. The maximum Gasteiger partial charge on any atom is 0.146 e. The van der Waals surface area contributed by atoms with Crippen molar-refractivity contribution < 1.29 is 9.47 Å². The van der Waals surface area contributed by atoms with Crippen LogP contribution in [0.2, 0.25) is 0 Å². The van der Waals surface area contributed by atoms with Crippen LogP contribution in [0.25, 0.3) is 0 Å². The molecule has 119 valence electrons. The summed E-state index contributed by atoms with van der Waals surface area (Å²) in [5.41, 5.74) is 2.23. The molecule has 0 unspecified atom stereocenters. The van der Waals surface area contributed by atoms with Crippen molar-refractivity contribution in [3.63, 3.8) is 0 Å². The molecule has 5 heteroatoms. The fourth-order valence-corrected chi connectivity index (χ4v) is 1.81. The zero-order chi connectivity index (χ0) is 15.5. The predicted octanol–water partition coefficient (Wildman–Crippen LogP) is 1.91. The van der Waals surface area contributed by atoms with Gasteiger partial charge >= 0.3 is 0 Å². The zero-order valence-corrected chi connectivity index (χ0v) is 13.7. The molecule has 1 aromatic rings. The van der Waals surface area contributed by atoms with Crippen molar-refractivity contribution in [3.05, 3.63) is 24.3 Å². The molecule has 1 radical (unpaired) electrons. The minimum Gasteiger partial charge on any atom is -0.384 e. The van der Waals surface area contributed by atoms with E-state index >= 15 is 0 Å². The highest BCUT2D eigenvalue weighted by Gasteiger charge is 2.02. The van der Waals surface area contributed by atoms with Gasteiger partial charge in [-0.3, -0.25) is 0 Å². The molecule has 0 aliphatic heterocycles. The van der Waals surface area contributed by atoms with E-state index in [9.17, 15) is 0 Å². The number of ether oxygens (including phenoxy) is 2. The highest BCUT2D eigenvalue weighted by atomic mass is 16.7. The Labute approximate surface area is 128 Å². The van der Waals surface area contributed by atoms with Gasteiger partial charge in [-0.25, -0.2) is 0 Å². The van der Waals surface area contributed by atoms with Crippen molar-refractivity contribution in [2.24, 2.45) is 0 Å². The molecule has 0 saturated heterocycles. The van der Waals surface area contributed by atoms with E-state index in [4.69, 9.17) is 9.47 Å². The van der Waals surface area contributed by atoms with E-state index in [1.165, 1.54) is 5.69 Å². The Hall–Kier alpha value is -1.30. The molecular weight excluding hydrogens is 266 g/mol. The molecule has 0 aliphatic carbocycles. The standard InChI is InChI=1S/C16H28N3O2/c1-18(2)10-11-19(3)16-8-5-7-15(13-16)17-9-6-12-21-14-20-4/h5,8,13,17H,6,9-12,14H2,1-4H3. The van der Waals surface area contributed by atoms with Crippen LogP contribution in [0.15, 0.2) is 18.2 Å². The number of rotatable bonds is 11. The second-order valence-electron chi connectivity index (χ2n) is 5.28. The smallest absolute Gasteiger partial charge is 0.146 e. The van der Waals surface area contributed by atoms with Gasteiger partial charge in [0, 0.05) is 51.2 Å². The number of nitrogens with zero attached hydrogens (tertiary/aromatic N) is 2. The number of anilines is 2. The van der Waals surface area contributed by atoms with Crippen LogP contribution in [0.3, 0.4) is 0 Å². The van der Waals surface area contributed by atoms with Crippen molar-refractivity contribution in [1.82, 2.24) is 4.90 Å². The Morgan fingerprint density at radius 3 is 2.76 bits per heavy atom. The maximum atomic E-state index is 5.25. The average Bonchev–Trinajstić information content (AvgIpc) is 2.48. The summed E-state index contributed by atoms with van der Waals surface area (Å²) in [6.45, 7) is 3.96. The van der Waals surface area contributed by atoms with Gasteiger partial charge in [0.1, 0.15) is 6.79 Å². The van der Waals surface area contributed by atoms with E-state index in [-0.39, 0.29) is 0 Å². The Morgan fingerprint density at radius 1 is 1.24 bits per heavy atom. The van der Waals surface area contributed by atoms with E-state index in [1.54, 1.807) is 7.11 Å². The molecule has 0 saturated carbocycles. The van der Waals surface area contributed by atoms with Crippen LogP contribution in [-0.2, 0) is 9.47 Å². The zero-order valence-electron chi connectivity index (χ0n) is 13.7. The van der Waals surface area contributed by atoms with E-state index in [0.29, 0.717) is 13.4 Å². The van der Waals surface area contributed by atoms with Crippen LogP contribution in [0, 0.1) is 6.07 Å². The highest BCUT2D eigenvalue weighted by Crippen LogP contribution is 2.17. The van der Waals surface area contributed by atoms with E-state index in [2.05, 4.69) is 54.5 Å². The van der Waals surface area contributed by atoms with Gasteiger partial charge in [0.15, 0.2) is 0 Å². The number of nitrogens with one attached hydrogen (secondary N) is 1. The predicted molar refractivity (Wildman–Crippen MR) is 88.0 cm³/mol. The van der Waals surface area contributed by atoms with Gasteiger partial charge in [0.05, 0.1) is 6.61 Å². The lowest BCUT2D eigenvalue weighted by molar-refractivity contribution is -0.0303. The summed E-state index contributed by atoms with van der Waals surface area (Å²) >= 11 is 0. The van der Waals surface area contributed by atoms with Crippen LogP contribution in [-0.4, -0.2) is 66.2 Å². The summed E-state index contributed by atoms with van der Waals surface area (Å²) in [5, 5.41) is 3.37. The van der Waals surface area contributed by atoms with Gasteiger partial charge in [0.2, 0.25) is 0 Å². The Morgan fingerprint density at radius 2 is 2.05 bits per heavy atom. The van der Waals surface area contributed by atoms with Gasteiger partial charge in [-0.15, -0.1) is 0 Å². The number of hydrogen-bond acceptors (Lipinski definition) is 5. The molecule has 1 rings (SSSR count). The van der Waals surface area contributed by atoms with E-state index < -0.39 is 0 Å². The Balaban J connectivity index is 2.34. The SMILES string of the molecule is COCOCCCNc1[c]ccc(N(C)CCN(C)C)c1. The third-order valence-electron chi connectivity index (χ3n) is 3.09. The average molecular weight is 294 g/mol. The third-order valence-corrected chi connectivity index (χ3v) is 3.09. The van der Waals surface area contributed by atoms with Crippen LogP contribution >= 0.6 is 0 Å². The normalized spacial score (nSPS) is 10.9. The lowest BCUT2D eigenvalue weighted by Gasteiger charge is -2.22. The Bertz CT molecular complexity index is 386. The fourth-order valence-electron chi connectivity index (χ4n) is 1.81. The van der Waals surface area contributed by atoms with E-state index in [1.807, 2.05) is 6.07 Å². The Kier molecular flexibility index (Phi) is 8.82. The number of likely N-dealkylation sites (N-methyl/N-ethyl adjacent to an activating group) is 2. The van der Waals surface area contributed by atoms with Gasteiger partial charge in [-0.2, -0.15) is 0 Å². The van der Waals surface area contributed by atoms with Crippen molar-refractivity contribution in [3.8, 4) is 0 Å². The fraction of sp³-hybridized carbons (Fsp3) is 0.625. The van der Waals surface area contributed by atoms with Crippen molar-refractivity contribution in [2.45, 2.75) is 6.42 Å². The van der Waals surface area contributed by atoms with Crippen LogP contribution in [0.5, 0.6) is 0 Å². The topological polar surface area (TPSA) is 37.0 Å². The molecule has 0 atom stereocenters. The number of hydrogen-bond donors (Lipinski definition) is 1. The van der Waals surface area contributed by atoms with Crippen LogP contribution < -0.4 is 10.2 Å². The lowest BCUT2D eigenvalue weighted by Crippen LogP contribution is -2.28. The lowest BCUT2D eigenvalue weighted by atomic mass is 10.2. The molecule has 0 aromatic heterocycles. The molecule has 0 aliphatic rings. The monoisotopic (exact) mass is 294 g/mol. The molecule has 21 heavy (non-hydrogen) atoms. The summed E-state index contributed by atoms with van der Waals surface area (Å²) in [5.74, 6) is 0. The minimum atomic E-state index is 0.359. The van der Waals surface area contributed by atoms with Crippen molar-refractivity contribution in [2.75, 3.05) is 71.5 Å². The summed E-state index contributed by atoms with van der Waals surface area (Å²) in [4.78, 5) is 4.44. The van der Waals surface area contributed by atoms with Crippen molar-refractivity contribution >= 4 is 11.4 Å². The number of methoxy groups -OCH3 is 1. The van der Waals surface area contributed by atoms with Gasteiger partial charge in [-0.05, 0) is 32.6 Å². The highest BCUT2D eigenvalue weighted by molar-refractivity contribution is 5.57. The molecular formula is C16H28N3O2. The first kappa shape index (κ1) is 17.8. The van der Waals surface area contributed by atoms with Crippen molar-refractivity contribution in [1.29, 1.82) is 0 Å². The first-order valence-corrected chi connectivity index (χ1v) is 7.31. The summed E-state index contributed by atoms with van der Waals surface area (Å²) in [7, 11) is 7.92. The third kappa shape index (κ3) is 7.90. The van der Waals surface area contributed by atoms with Crippen LogP contribution in [0.4, 0.5) is 11.4 Å². The molecule has 0 amide bonds. The molecule has 0 heterocycles. The van der Waals surface area contributed by atoms with Gasteiger partial charge in [0.25, 0.3) is 0 Å². The van der Waals surface area contributed by atoms with Gasteiger partial charge in [-0.1, -0.05) is 6.07 Å². The summed E-state index contributed by atoms with van der Waals surface area (Å²) < 4.78 is 10.1. The second kappa shape index (κ2) is 10.4. The minimum absolute atomic E-state index is 0.359. The molecule has 0 fully saturated rings. The number of benzene rings is 1. The quantitative estimate of drug-likeness (QED) is 0.498. The first-order chi connectivity index (χ1) is 10.1. The largest absolute Gasteiger partial charge is 0.384 e. The molecule has 1 aromatic carbocycles. The second-order valence-corrected chi connectivity index (χ2v) is 5.28. The molecule has 5 nitrogen and oxygen atoms in total. The van der Waals surface area contributed by atoms with Gasteiger partial charge < -0.3 is 24.6 Å². The first-order valence-electron chi connectivity index (χ1n) is 7.31.